The first-order valence-corrected chi connectivity index (χ1v) is 12.3. The number of hydrogen-bond acceptors (Lipinski definition) is 5. The van der Waals surface area contributed by atoms with Crippen molar-refractivity contribution < 1.29 is 18.0 Å². The minimum atomic E-state index is -3.51. The average Bonchev–Trinajstić information content (AvgIpc) is 3.58. The Morgan fingerprint density at radius 2 is 1.50 bits per heavy atom. The van der Waals surface area contributed by atoms with E-state index in [0.717, 1.165) is 38.8 Å². The minimum absolute atomic E-state index is 0.0504. The van der Waals surface area contributed by atoms with Gasteiger partial charge >= 0.3 is 0 Å². The molecular weight excluding hydrogens is 404 g/mol. The van der Waals surface area contributed by atoms with E-state index >= 15 is 0 Å². The van der Waals surface area contributed by atoms with Gasteiger partial charge in [0.05, 0.1) is 11.4 Å². The number of piperazine rings is 1. The van der Waals surface area contributed by atoms with Gasteiger partial charge in [-0.2, -0.15) is 0 Å². The van der Waals surface area contributed by atoms with E-state index in [1.807, 2.05) is 4.90 Å². The highest BCUT2D eigenvalue weighted by molar-refractivity contribution is 7.89. The Bertz CT molecular complexity index is 869. The number of nitrogens with one attached hydrogen (secondary N) is 1. The van der Waals surface area contributed by atoms with Crippen LogP contribution in [0.5, 0.6) is 0 Å². The molecule has 1 aromatic carbocycles. The lowest BCUT2D eigenvalue weighted by Gasteiger charge is -2.36. The number of nitrogens with zero attached hydrogens (tertiary/aromatic N) is 3. The van der Waals surface area contributed by atoms with E-state index < -0.39 is 10.0 Å². The largest absolute Gasteiger partial charge is 0.342 e. The first-order valence-electron chi connectivity index (χ1n) is 10.8. The van der Waals surface area contributed by atoms with Crippen LogP contribution in [-0.4, -0.2) is 86.8 Å². The van der Waals surface area contributed by atoms with Crippen molar-refractivity contribution in [3.8, 4) is 0 Å². The Balaban J connectivity index is 1.28. The smallest absolute Gasteiger partial charge is 0.253 e. The standard InChI is InChI=1S/C21H30N4O4S/c26-20(24-10-2-1-3-11-24)16-23-12-14-25(15-13-23)21(27)17-4-8-19(9-5-17)30(28,29)22-18-6-7-18/h4-5,8-9,18,22H,1-3,6-7,10-16H2. The fourth-order valence-corrected chi connectivity index (χ4v) is 5.30. The first-order chi connectivity index (χ1) is 14.4. The Morgan fingerprint density at radius 3 is 2.10 bits per heavy atom. The van der Waals surface area contributed by atoms with Crippen LogP contribution in [-0.2, 0) is 14.8 Å². The molecule has 1 saturated carbocycles. The highest BCUT2D eigenvalue weighted by atomic mass is 32.2. The molecule has 8 nitrogen and oxygen atoms in total. The van der Waals surface area contributed by atoms with Crippen LogP contribution in [0, 0.1) is 0 Å². The van der Waals surface area contributed by atoms with Gasteiger partial charge in [0.2, 0.25) is 15.9 Å². The summed E-state index contributed by atoms with van der Waals surface area (Å²) in [6.07, 6.45) is 5.14. The number of amides is 2. The maximum Gasteiger partial charge on any atom is 0.253 e. The minimum Gasteiger partial charge on any atom is -0.342 e. The van der Waals surface area contributed by atoms with Crippen LogP contribution in [0.1, 0.15) is 42.5 Å². The van der Waals surface area contributed by atoms with Crippen molar-refractivity contribution in [2.45, 2.75) is 43.0 Å². The van der Waals surface area contributed by atoms with Gasteiger partial charge < -0.3 is 9.80 Å². The molecule has 0 unspecified atom stereocenters. The molecular formula is C21H30N4O4S. The van der Waals surface area contributed by atoms with E-state index in [4.69, 9.17) is 0 Å². The molecule has 3 aliphatic rings. The van der Waals surface area contributed by atoms with Crippen LogP contribution < -0.4 is 4.72 Å². The van der Waals surface area contributed by atoms with Gasteiger partial charge in [-0.1, -0.05) is 0 Å². The summed E-state index contributed by atoms with van der Waals surface area (Å²) >= 11 is 0. The third-order valence-electron chi connectivity index (χ3n) is 6.04. The predicted molar refractivity (Wildman–Crippen MR) is 113 cm³/mol. The molecule has 2 heterocycles. The number of rotatable bonds is 6. The summed E-state index contributed by atoms with van der Waals surface area (Å²) in [6, 6.07) is 6.19. The summed E-state index contributed by atoms with van der Waals surface area (Å²) in [6.45, 7) is 4.61. The molecule has 0 aromatic heterocycles. The molecule has 30 heavy (non-hydrogen) atoms. The fraction of sp³-hybridized carbons (Fsp3) is 0.619. The lowest BCUT2D eigenvalue weighted by atomic mass is 10.1. The molecule has 4 rings (SSSR count). The van der Waals surface area contributed by atoms with Crippen LogP contribution >= 0.6 is 0 Å². The Hall–Kier alpha value is -1.97. The third kappa shape index (κ3) is 5.19. The van der Waals surface area contributed by atoms with Crippen molar-refractivity contribution in [3.05, 3.63) is 29.8 Å². The molecule has 2 saturated heterocycles. The molecule has 0 bridgehead atoms. The lowest BCUT2D eigenvalue weighted by Crippen LogP contribution is -2.52. The van der Waals surface area contributed by atoms with E-state index in [9.17, 15) is 18.0 Å². The zero-order valence-electron chi connectivity index (χ0n) is 17.3. The van der Waals surface area contributed by atoms with Gasteiger partial charge in [-0.25, -0.2) is 13.1 Å². The number of likely N-dealkylation sites (tertiary alicyclic amines) is 1. The molecule has 0 spiro atoms. The molecule has 9 heteroatoms. The molecule has 2 aliphatic heterocycles. The number of sulfonamides is 1. The number of carbonyl (C=O) groups excluding carboxylic acids is 2. The van der Waals surface area contributed by atoms with Crippen LogP contribution in [0.3, 0.4) is 0 Å². The van der Waals surface area contributed by atoms with E-state index in [-0.39, 0.29) is 22.8 Å². The van der Waals surface area contributed by atoms with Crippen molar-refractivity contribution >= 4 is 21.8 Å². The zero-order chi connectivity index (χ0) is 21.1. The summed E-state index contributed by atoms with van der Waals surface area (Å²) in [5, 5.41) is 0. The van der Waals surface area contributed by atoms with E-state index in [2.05, 4.69) is 9.62 Å². The topological polar surface area (TPSA) is 90.0 Å². The predicted octanol–water partition coefficient (Wildman–Crippen LogP) is 0.898. The quantitative estimate of drug-likeness (QED) is 0.719. The number of benzene rings is 1. The highest BCUT2D eigenvalue weighted by Gasteiger charge is 2.29. The second-order valence-corrected chi connectivity index (χ2v) is 10.1. The van der Waals surface area contributed by atoms with E-state index in [0.29, 0.717) is 38.3 Å². The zero-order valence-corrected chi connectivity index (χ0v) is 18.1. The summed E-state index contributed by atoms with van der Waals surface area (Å²) in [5.41, 5.74) is 0.484. The molecule has 0 radical (unpaired) electrons. The summed E-state index contributed by atoms with van der Waals surface area (Å²) < 4.78 is 27.2. The van der Waals surface area contributed by atoms with Crippen molar-refractivity contribution in [2.24, 2.45) is 0 Å². The van der Waals surface area contributed by atoms with E-state index in [1.165, 1.54) is 18.6 Å². The molecule has 2 amide bonds. The molecule has 1 aromatic rings. The number of carbonyl (C=O) groups is 2. The Labute approximate surface area is 178 Å². The SMILES string of the molecule is O=C(CN1CCN(C(=O)c2ccc(S(=O)(=O)NC3CC3)cc2)CC1)N1CCCCC1. The monoisotopic (exact) mass is 434 g/mol. The van der Waals surface area contributed by atoms with Crippen molar-refractivity contribution in [1.29, 1.82) is 0 Å². The van der Waals surface area contributed by atoms with Crippen LogP contribution in [0.15, 0.2) is 29.2 Å². The van der Waals surface area contributed by atoms with Gasteiger partial charge in [0.15, 0.2) is 0 Å². The van der Waals surface area contributed by atoms with Crippen molar-refractivity contribution in [2.75, 3.05) is 45.8 Å². The van der Waals surface area contributed by atoms with Crippen molar-refractivity contribution in [1.82, 2.24) is 19.4 Å². The maximum atomic E-state index is 12.8. The second-order valence-electron chi connectivity index (χ2n) is 8.43. The number of piperidine rings is 1. The molecule has 1 N–H and O–H groups in total. The first kappa shape index (κ1) is 21.3. The lowest BCUT2D eigenvalue weighted by molar-refractivity contribution is -0.133. The normalized spacial score (nSPS) is 20.9. The van der Waals surface area contributed by atoms with Gasteiger partial charge in [0, 0.05) is 50.9 Å². The third-order valence-corrected chi connectivity index (χ3v) is 7.57. The van der Waals surface area contributed by atoms with Crippen LogP contribution in [0.4, 0.5) is 0 Å². The van der Waals surface area contributed by atoms with E-state index in [1.54, 1.807) is 17.0 Å². The van der Waals surface area contributed by atoms with Gasteiger partial charge in [0.1, 0.15) is 0 Å². The van der Waals surface area contributed by atoms with Gasteiger partial charge in [-0.05, 0) is 56.4 Å². The molecule has 164 valence electrons. The van der Waals surface area contributed by atoms with Crippen molar-refractivity contribution in [3.63, 3.8) is 0 Å². The van der Waals surface area contributed by atoms with Gasteiger partial charge in [0.25, 0.3) is 5.91 Å². The summed E-state index contributed by atoms with van der Waals surface area (Å²) in [4.78, 5) is 31.3. The second kappa shape index (κ2) is 9.03. The number of hydrogen-bond donors (Lipinski definition) is 1. The van der Waals surface area contributed by atoms with Gasteiger partial charge in [-0.15, -0.1) is 0 Å². The highest BCUT2D eigenvalue weighted by Crippen LogP contribution is 2.22. The summed E-state index contributed by atoms with van der Waals surface area (Å²) in [7, 11) is -3.51. The molecule has 0 atom stereocenters. The Morgan fingerprint density at radius 1 is 0.867 bits per heavy atom. The molecule has 3 fully saturated rings. The maximum absolute atomic E-state index is 12.8. The Kier molecular flexibility index (Phi) is 6.40. The molecule has 1 aliphatic carbocycles. The van der Waals surface area contributed by atoms with Gasteiger partial charge in [-0.3, -0.25) is 14.5 Å². The fourth-order valence-electron chi connectivity index (χ4n) is 3.99. The summed E-state index contributed by atoms with van der Waals surface area (Å²) in [5.74, 6) is 0.0854. The van der Waals surface area contributed by atoms with Crippen LogP contribution in [0.2, 0.25) is 0 Å². The average molecular weight is 435 g/mol. The van der Waals surface area contributed by atoms with Crippen LogP contribution in [0.25, 0.3) is 0 Å².